The largest absolute Gasteiger partial charge is 0.494 e. The summed E-state index contributed by atoms with van der Waals surface area (Å²) in [6.07, 6.45) is 1.66. The molecule has 8 heteroatoms. The van der Waals surface area contributed by atoms with Gasteiger partial charge in [0.2, 0.25) is 0 Å². The lowest BCUT2D eigenvalue weighted by atomic mass is 10.2. The van der Waals surface area contributed by atoms with Crippen molar-refractivity contribution >= 4 is 43.1 Å². The molecule has 0 aliphatic rings. The first-order valence-electron chi connectivity index (χ1n) is 7.89. The number of fused-ring (bicyclic) bond motifs is 1. The molecule has 0 spiro atoms. The predicted molar refractivity (Wildman–Crippen MR) is 111 cm³/mol. The number of aromatic nitrogens is 1. The molecule has 0 atom stereocenters. The first-order valence-corrected chi connectivity index (χ1v) is 8.96. The molecule has 2 aromatic carbocycles. The third kappa shape index (κ3) is 4.16. The number of hydrogen-bond donors (Lipinski definition) is 1. The van der Waals surface area contributed by atoms with Gasteiger partial charge in [-0.25, -0.2) is 0 Å². The molecule has 0 aliphatic carbocycles. The highest BCUT2D eigenvalue weighted by atomic mass is 127. The van der Waals surface area contributed by atoms with Gasteiger partial charge in [0.05, 0.1) is 32.5 Å². The number of anilines is 1. The van der Waals surface area contributed by atoms with Crippen molar-refractivity contribution in [2.75, 3.05) is 26.6 Å². The lowest BCUT2D eigenvalue weighted by molar-refractivity contribution is 0.271. The minimum atomic E-state index is -0.208. The third-order valence-electron chi connectivity index (χ3n) is 3.84. The molecule has 0 fully saturated rings. The summed E-state index contributed by atoms with van der Waals surface area (Å²) in [5.41, 5.74) is 1.28. The van der Waals surface area contributed by atoms with Crippen molar-refractivity contribution in [3.8, 4) is 28.7 Å². The van der Waals surface area contributed by atoms with Gasteiger partial charge in [0.1, 0.15) is 17.2 Å². The molecular weight excluding hydrogens is 463 g/mol. The Morgan fingerprint density at radius 1 is 0.926 bits per heavy atom. The van der Waals surface area contributed by atoms with E-state index in [9.17, 15) is 4.79 Å². The fourth-order valence-electron chi connectivity index (χ4n) is 2.61. The summed E-state index contributed by atoms with van der Waals surface area (Å²) < 4.78 is 21.9. The number of nitrogens with one attached hydrogen (secondary N) is 1. The van der Waals surface area contributed by atoms with Gasteiger partial charge in [-0.05, 0) is 24.3 Å². The van der Waals surface area contributed by atoms with Crippen LogP contribution in [0.3, 0.4) is 0 Å². The van der Waals surface area contributed by atoms with Crippen LogP contribution in [0, 0.1) is 0 Å². The van der Waals surface area contributed by atoms with Crippen LogP contribution in [-0.2, 0) is 0 Å². The number of benzene rings is 2. The molecule has 3 aromatic rings. The number of methoxy groups -OCH3 is 3. The molecular formula is C19H17IN2O5. The minimum Gasteiger partial charge on any atom is -0.494 e. The van der Waals surface area contributed by atoms with E-state index < -0.39 is 0 Å². The Kier molecular flexibility index (Phi) is 5.84. The van der Waals surface area contributed by atoms with Gasteiger partial charge < -0.3 is 24.3 Å². The van der Waals surface area contributed by atoms with Gasteiger partial charge in [0.15, 0.2) is 11.5 Å². The lowest BCUT2D eigenvalue weighted by Crippen LogP contribution is -2.02. The molecule has 27 heavy (non-hydrogen) atoms. The van der Waals surface area contributed by atoms with Gasteiger partial charge in [-0.15, -0.1) is 0 Å². The number of halogens is 1. The SMILES string of the molecule is COc1cc(Oc2ccnc3cc(OC)c(OC)cc23)ccc1NC(=O)I. The summed E-state index contributed by atoms with van der Waals surface area (Å²) in [7, 11) is 4.68. The normalized spacial score (nSPS) is 10.4. The highest BCUT2D eigenvalue weighted by molar-refractivity contribution is 14.1. The van der Waals surface area contributed by atoms with E-state index in [4.69, 9.17) is 18.9 Å². The summed E-state index contributed by atoms with van der Waals surface area (Å²) >= 11 is 1.66. The number of rotatable bonds is 6. The van der Waals surface area contributed by atoms with Gasteiger partial charge in [0.25, 0.3) is 3.91 Å². The van der Waals surface area contributed by atoms with Crippen LogP contribution in [0.4, 0.5) is 10.5 Å². The van der Waals surface area contributed by atoms with Crippen LogP contribution in [0.5, 0.6) is 28.7 Å². The van der Waals surface area contributed by atoms with Crippen molar-refractivity contribution in [2.24, 2.45) is 0 Å². The average molecular weight is 480 g/mol. The zero-order valence-corrected chi connectivity index (χ0v) is 17.1. The maximum absolute atomic E-state index is 11.3. The number of carbonyl (C=O) groups is 1. The van der Waals surface area contributed by atoms with Crippen LogP contribution in [0.25, 0.3) is 10.9 Å². The van der Waals surface area contributed by atoms with E-state index in [2.05, 4.69) is 10.3 Å². The number of carbonyl (C=O) groups excluding carboxylic acids is 1. The zero-order valence-electron chi connectivity index (χ0n) is 14.9. The van der Waals surface area contributed by atoms with Crippen LogP contribution in [0.2, 0.25) is 0 Å². The Bertz CT molecular complexity index is 993. The van der Waals surface area contributed by atoms with E-state index >= 15 is 0 Å². The third-order valence-corrected chi connectivity index (χ3v) is 4.11. The van der Waals surface area contributed by atoms with Crippen LogP contribution >= 0.6 is 22.6 Å². The summed E-state index contributed by atoms with van der Waals surface area (Å²) in [5, 5.41) is 3.48. The molecule has 0 aliphatic heterocycles. The van der Waals surface area contributed by atoms with E-state index in [-0.39, 0.29) is 3.91 Å². The molecule has 7 nitrogen and oxygen atoms in total. The molecule has 3 rings (SSSR count). The molecule has 1 amide bonds. The van der Waals surface area contributed by atoms with Gasteiger partial charge in [-0.1, -0.05) is 0 Å². The van der Waals surface area contributed by atoms with Crippen molar-refractivity contribution in [1.29, 1.82) is 0 Å². The van der Waals surface area contributed by atoms with Gasteiger partial charge >= 0.3 is 0 Å². The monoisotopic (exact) mass is 480 g/mol. The van der Waals surface area contributed by atoms with Crippen molar-refractivity contribution < 1.29 is 23.7 Å². The maximum Gasteiger partial charge on any atom is 0.285 e. The summed E-state index contributed by atoms with van der Waals surface area (Å²) in [5.74, 6) is 2.83. The molecule has 0 unspecified atom stereocenters. The Morgan fingerprint density at radius 3 is 2.30 bits per heavy atom. The topological polar surface area (TPSA) is 78.9 Å². The van der Waals surface area contributed by atoms with Gasteiger partial charge in [0, 0.05) is 46.3 Å². The van der Waals surface area contributed by atoms with E-state index in [0.717, 1.165) is 5.39 Å². The molecule has 1 heterocycles. The lowest BCUT2D eigenvalue weighted by Gasteiger charge is -2.14. The molecule has 0 saturated heterocycles. The van der Waals surface area contributed by atoms with Crippen LogP contribution in [0.15, 0.2) is 42.6 Å². The molecule has 0 radical (unpaired) electrons. The Balaban J connectivity index is 2.00. The Labute approximate surface area is 169 Å². The Hall–Kier alpha value is -2.75. The second kappa shape index (κ2) is 8.30. The standard InChI is InChI=1S/C19H17IN2O5/c1-24-16-8-11(4-5-13(16)22-19(20)23)27-15-6-7-21-14-10-18(26-3)17(25-2)9-12(14)15/h4-10H,1-3H3,(H,22,23). The fourth-order valence-corrected chi connectivity index (χ4v) is 2.90. The molecule has 1 aromatic heterocycles. The zero-order chi connectivity index (χ0) is 19.4. The number of hydrogen-bond acceptors (Lipinski definition) is 6. The predicted octanol–water partition coefficient (Wildman–Crippen LogP) is 5.02. The van der Waals surface area contributed by atoms with Gasteiger partial charge in [-0.2, -0.15) is 0 Å². The first-order chi connectivity index (χ1) is 13.0. The number of ether oxygens (including phenoxy) is 4. The quantitative estimate of drug-likeness (QED) is 0.303. The van der Waals surface area contributed by atoms with Crippen LogP contribution in [0.1, 0.15) is 0 Å². The summed E-state index contributed by atoms with van der Waals surface area (Å²) in [6, 6.07) is 10.5. The van der Waals surface area contributed by atoms with E-state index in [1.165, 1.54) is 7.11 Å². The highest BCUT2D eigenvalue weighted by Crippen LogP contribution is 2.38. The number of pyridine rings is 1. The fraction of sp³-hybridized carbons (Fsp3) is 0.158. The van der Waals surface area contributed by atoms with Crippen molar-refractivity contribution in [1.82, 2.24) is 4.98 Å². The Morgan fingerprint density at radius 2 is 1.63 bits per heavy atom. The van der Waals surface area contributed by atoms with Gasteiger partial charge in [-0.3, -0.25) is 9.78 Å². The van der Waals surface area contributed by atoms with Crippen molar-refractivity contribution in [3.05, 3.63) is 42.6 Å². The molecule has 140 valence electrons. The van der Waals surface area contributed by atoms with Crippen LogP contribution < -0.4 is 24.3 Å². The van der Waals surface area contributed by atoms with Crippen molar-refractivity contribution in [2.45, 2.75) is 0 Å². The first kappa shape index (κ1) is 19.0. The minimum absolute atomic E-state index is 0.208. The van der Waals surface area contributed by atoms with E-state index in [0.29, 0.717) is 40.0 Å². The number of nitrogens with zero attached hydrogens (tertiary/aromatic N) is 1. The smallest absolute Gasteiger partial charge is 0.285 e. The molecule has 0 bridgehead atoms. The maximum atomic E-state index is 11.3. The highest BCUT2D eigenvalue weighted by Gasteiger charge is 2.13. The summed E-state index contributed by atoms with van der Waals surface area (Å²) in [4.78, 5) is 15.6. The molecule has 0 saturated carbocycles. The summed E-state index contributed by atoms with van der Waals surface area (Å²) in [6.45, 7) is 0. The molecule has 1 N–H and O–H groups in total. The van der Waals surface area contributed by atoms with E-state index in [1.807, 2.05) is 6.07 Å². The van der Waals surface area contributed by atoms with Crippen molar-refractivity contribution in [3.63, 3.8) is 0 Å². The number of amides is 1. The van der Waals surface area contributed by atoms with E-state index in [1.54, 1.807) is 73.3 Å². The second-order valence-electron chi connectivity index (χ2n) is 5.40. The average Bonchev–Trinajstić information content (AvgIpc) is 2.67. The van der Waals surface area contributed by atoms with Crippen LogP contribution in [-0.4, -0.2) is 30.2 Å². The second-order valence-corrected chi connectivity index (χ2v) is 6.38.